The third-order valence-electron chi connectivity index (χ3n) is 7.23. The number of nitrogens with one attached hydrogen (secondary N) is 1. The smallest absolute Gasteiger partial charge is 0.316 e. The minimum absolute atomic E-state index is 0.0551. The largest absolute Gasteiger partial charge is 0.481 e. The number of aromatic nitrogens is 3. The molecule has 4 aromatic rings. The Labute approximate surface area is 245 Å². The minimum Gasteiger partial charge on any atom is -0.481 e. The van der Waals surface area contributed by atoms with E-state index in [4.69, 9.17) is 9.84 Å². The van der Waals surface area contributed by atoms with E-state index in [0.717, 1.165) is 29.8 Å². The van der Waals surface area contributed by atoms with Crippen LogP contribution in [0, 0.1) is 11.7 Å². The van der Waals surface area contributed by atoms with Gasteiger partial charge in [0.25, 0.3) is 5.91 Å². The van der Waals surface area contributed by atoms with Crippen LogP contribution in [0.3, 0.4) is 0 Å². The monoisotopic (exact) mass is 572 g/mol. The third kappa shape index (κ3) is 7.21. The minimum atomic E-state index is -0.799. The Morgan fingerprint density at radius 3 is 2.38 bits per heavy atom. The average Bonchev–Trinajstić information content (AvgIpc) is 3.32. The summed E-state index contributed by atoms with van der Waals surface area (Å²) in [5, 5.41) is 12.1. The molecule has 0 bridgehead atoms. The number of nitrogens with zero attached hydrogens (tertiary/aromatic N) is 3. The van der Waals surface area contributed by atoms with Crippen LogP contribution in [0.4, 0.5) is 10.1 Å². The van der Waals surface area contributed by atoms with Crippen LogP contribution in [0.2, 0.25) is 0 Å². The fourth-order valence-electron chi connectivity index (χ4n) is 5.25. The van der Waals surface area contributed by atoms with Gasteiger partial charge in [-0.2, -0.15) is 4.98 Å². The Balaban J connectivity index is 1.93. The second-order valence-corrected chi connectivity index (χ2v) is 10.7. The second kappa shape index (κ2) is 13.9. The van der Waals surface area contributed by atoms with Gasteiger partial charge in [-0.05, 0) is 72.7 Å². The highest BCUT2D eigenvalue weighted by atomic mass is 19.1. The molecule has 2 aromatic heterocycles. The number of carbonyl (C=O) groups is 2. The molecule has 0 aliphatic heterocycles. The molecule has 0 spiro atoms. The second-order valence-electron chi connectivity index (χ2n) is 10.7. The number of hydrogen-bond acceptors (Lipinski definition) is 5. The summed E-state index contributed by atoms with van der Waals surface area (Å²) in [6.07, 6.45) is 3.85. The summed E-state index contributed by atoms with van der Waals surface area (Å²) in [5.74, 6) is -1.25. The first-order valence-corrected chi connectivity index (χ1v) is 14.2. The van der Waals surface area contributed by atoms with Crippen molar-refractivity contribution in [2.24, 2.45) is 5.92 Å². The lowest BCUT2D eigenvalue weighted by Gasteiger charge is -2.19. The van der Waals surface area contributed by atoms with Crippen LogP contribution in [0.25, 0.3) is 22.5 Å². The van der Waals surface area contributed by atoms with Crippen molar-refractivity contribution >= 4 is 17.6 Å². The molecule has 0 saturated carbocycles. The molecule has 0 radical (unpaired) electrons. The maximum atomic E-state index is 14.2. The third-order valence-corrected chi connectivity index (χ3v) is 7.23. The van der Waals surface area contributed by atoms with Gasteiger partial charge in [-0.1, -0.05) is 45.4 Å². The predicted octanol–water partition coefficient (Wildman–Crippen LogP) is 7.42. The molecule has 0 unspecified atom stereocenters. The average molecular weight is 573 g/mol. The zero-order valence-corrected chi connectivity index (χ0v) is 24.4. The summed E-state index contributed by atoms with van der Waals surface area (Å²) in [4.78, 5) is 34.0. The van der Waals surface area contributed by atoms with Crippen LogP contribution in [0.1, 0.15) is 68.4 Å². The molecule has 0 aliphatic carbocycles. The van der Waals surface area contributed by atoms with Gasteiger partial charge in [-0.25, -0.2) is 9.37 Å². The van der Waals surface area contributed by atoms with E-state index in [0.29, 0.717) is 35.5 Å². The molecular formula is C33H37FN4O4. The van der Waals surface area contributed by atoms with E-state index in [1.807, 2.05) is 44.2 Å². The molecule has 2 heterocycles. The van der Waals surface area contributed by atoms with E-state index in [-0.39, 0.29) is 36.0 Å². The van der Waals surface area contributed by atoms with Crippen LogP contribution in [0.15, 0.2) is 66.9 Å². The highest BCUT2D eigenvalue weighted by Gasteiger charge is 2.31. The number of ether oxygens (including phenoxy) is 1. The molecule has 220 valence electrons. The Morgan fingerprint density at radius 2 is 1.74 bits per heavy atom. The number of rotatable bonds is 13. The topological polar surface area (TPSA) is 106 Å². The van der Waals surface area contributed by atoms with Crippen molar-refractivity contribution < 1.29 is 23.8 Å². The van der Waals surface area contributed by atoms with Crippen LogP contribution in [-0.4, -0.2) is 38.6 Å². The maximum absolute atomic E-state index is 14.2. The van der Waals surface area contributed by atoms with Gasteiger partial charge < -0.3 is 19.7 Å². The Bertz CT molecular complexity index is 1520. The fourth-order valence-corrected chi connectivity index (χ4v) is 5.25. The SMILES string of the molecule is COc1nccc(-c2c(C(=O)Nc3ccccc3)c(C(C)C)n(CC[C@@H](C)CCCC(=O)O)c2-c2ccc(F)cc2)n1. The van der Waals surface area contributed by atoms with Crippen LogP contribution in [0.5, 0.6) is 6.01 Å². The molecule has 4 rings (SSSR count). The Kier molecular flexibility index (Phi) is 10.1. The van der Waals surface area contributed by atoms with Gasteiger partial charge in [0.15, 0.2) is 0 Å². The van der Waals surface area contributed by atoms with Crippen molar-refractivity contribution in [3.8, 4) is 28.5 Å². The Morgan fingerprint density at radius 1 is 1.02 bits per heavy atom. The van der Waals surface area contributed by atoms with Crippen molar-refractivity contribution in [1.82, 2.24) is 14.5 Å². The lowest BCUT2D eigenvalue weighted by Crippen LogP contribution is -2.17. The number of carboxylic acid groups (broad SMARTS) is 1. The van der Waals surface area contributed by atoms with E-state index in [1.54, 1.807) is 24.4 Å². The van der Waals surface area contributed by atoms with E-state index < -0.39 is 5.97 Å². The van der Waals surface area contributed by atoms with Crippen molar-refractivity contribution in [1.29, 1.82) is 0 Å². The van der Waals surface area contributed by atoms with Crippen LogP contribution >= 0.6 is 0 Å². The number of carbonyl (C=O) groups excluding carboxylic acids is 1. The molecule has 0 fully saturated rings. The van der Waals surface area contributed by atoms with Gasteiger partial charge >= 0.3 is 12.0 Å². The van der Waals surface area contributed by atoms with Crippen molar-refractivity contribution in [2.75, 3.05) is 12.4 Å². The quantitative estimate of drug-likeness (QED) is 0.173. The zero-order chi connectivity index (χ0) is 30.2. The van der Waals surface area contributed by atoms with Gasteiger partial charge in [0.2, 0.25) is 0 Å². The van der Waals surface area contributed by atoms with Crippen molar-refractivity contribution in [2.45, 2.75) is 58.9 Å². The summed E-state index contributed by atoms with van der Waals surface area (Å²) < 4.78 is 21.6. The van der Waals surface area contributed by atoms with E-state index in [2.05, 4.69) is 26.8 Å². The summed E-state index contributed by atoms with van der Waals surface area (Å²) >= 11 is 0. The lowest BCUT2D eigenvalue weighted by atomic mass is 9.97. The standard InChI is InChI=1S/C33H37FN4O4/c1-21(2)30-29(32(41)36-25-10-6-5-7-11-25)28(26-17-19-35-33(37-26)42-4)31(23-13-15-24(34)16-14-23)38(30)20-18-22(3)9-8-12-27(39)40/h5-7,10-11,13-17,19,21-22H,8-9,12,18,20H2,1-4H3,(H,36,41)(H,39,40)/t22-/m0/s1. The fraction of sp³-hybridized carbons (Fsp3) is 0.333. The molecule has 2 N–H and O–H groups in total. The molecule has 0 saturated heterocycles. The summed E-state index contributed by atoms with van der Waals surface area (Å²) in [5.41, 5.74) is 4.57. The van der Waals surface area contributed by atoms with E-state index in [1.165, 1.54) is 19.2 Å². The number of benzene rings is 2. The number of amides is 1. The van der Waals surface area contributed by atoms with Crippen LogP contribution in [-0.2, 0) is 11.3 Å². The molecule has 9 heteroatoms. The van der Waals surface area contributed by atoms with Crippen LogP contribution < -0.4 is 10.1 Å². The number of hydrogen-bond donors (Lipinski definition) is 2. The molecule has 42 heavy (non-hydrogen) atoms. The first-order valence-electron chi connectivity index (χ1n) is 14.2. The lowest BCUT2D eigenvalue weighted by molar-refractivity contribution is -0.137. The molecular weight excluding hydrogens is 535 g/mol. The van der Waals surface area contributed by atoms with Gasteiger partial charge in [-0.15, -0.1) is 0 Å². The molecule has 1 amide bonds. The molecule has 2 aromatic carbocycles. The number of halogens is 1. The zero-order valence-electron chi connectivity index (χ0n) is 24.4. The van der Waals surface area contributed by atoms with E-state index in [9.17, 15) is 14.0 Å². The Hall–Kier alpha value is -4.53. The van der Waals surface area contributed by atoms with E-state index >= 15 is 0 Å². The number of methoxy groups -OCH3 is 1. The number of carboxylic acids is 1. The first-order chi connectivity index (χ1) is 20.2. The molecule has 0 aliphatic rings. The maximum Gasteiger partial charge on any atom is 0.316 e. The van der Waals surface area contributed by atoms with Crippen molar-refractivity contribution in [3.63, 3.8) is 0 Å². The van der Waals surface area contributed by atoms with Gasteiger partial charge in [-0.3, -0.25) is 9.59 Å². The predicted molar refractivity (Wildman–Crippen MR) is 161 cm³/mol. The number of para-hydroxylation sites is 1. The normalized spacial score (nSPS) is 11.9. The highest BCUT2D eigenvalue weighted by molar-refractivity contribution is 6.12. The highest BCUT2D eigenvalue weighted by Crippen LogP contribution is 2.42. The van der Waals surface area contributed by atoms with Gasteiger partial charge in [0.05, 0.1) is 24.1 Å². The summed E-state index contributed by atoms with van der Waals surface area (Å²) in [6.45, 7) is 6.76. The molecule has 8 nitrogen and oxygen atoms in total. The summed E-state index contributed by atoms with van der Waals surface area (Å²) in [7, 11) is 1.49. The summed E-state index contributed by atoms with van der Waals surface area (Å²) in [6, 6.07) is 17.4. The number of aliphatic carboxylic acids is 1. The van der Waals surface area contributed by atoms with Gasteiger partial charge in [0.1, 0.15) is 5.82 Å². The van der Waals surface area contributed by atoms with Crippen molar-refractivity contribution in [3.05, 3.63) is 83.9 Å². The van der Waals surface area contributed by atoms with Gasteiger partial charge in [0, 0.05) is 36.1 Å². The first kappa shape index (κ1) is 30.4. The molecule has 1 atom stereocenters. The number of anilines is 1.